The number of nitrogens with one attached hydrogen (secondary N) is 2. The van der Waals surface area contributed by atoms with Crippen LogP contribution in [0.2, 0.25) is 0 Å². The van der Waals surface area contributed by atoms with Gasteiger partial charge in [0.1, 0.15) is 17.7 Å². The van der Waals surface area contributed by atoms with Crippen LogP contribution in [0.1, 0.15) is 18.1 Å². The Balaban J connectivity index is 2.83. The zero-order chi connectivity index (χ0) is 16.0. The number of amides is 1. The molecule has 6 heteroatoms. The highest BCUT2D eigenvalue weighted by Crippen LogP contribution is 2.16. The number of carbonyl (C=O) groups is 2. The first kappa shape index (κ1) is 16.2. The lowest BCUT2D eigenvalue weighted by Gasteiger charge is -2.09. The Morgan fingerprint density at radius 2 is 2.05 bits per heavy atom. The van der Waals surface area contributed by atoms with E-state index in [4.69, 9.17) is 10.4 Å². The number of benzene rings is 1. The van der Waals surface area contributed by atoms with E-state index in [1.54, 1.807) is 6.07 Å². The maximum absolute atomic E-state index is 11.7. The second kappa shape index (κ2) is 7.10. The van der Waals surface area contributed by atoms with Crippen molar-refractivity contribution in [2.75, 3.05) is 5.32 Å². The third-order valence-corrected chi connectivity index (χ3v) is 2.84. The van der Waals surface area contributed by atoms with Gasteiger partial charge in [-0.1, -0.05) is 17.7 Å². The van der Waals surface area contributed by atoms with Crippen molar-refractivity contribution in [2.45, 2.75) is 26.8 Å². The average Bonchev–Trinajstić information content (AvgIpc) is 2.41. The molecule has 6 nitrogen and oxygen atoms in total. The molecule has 0 aliphatic carbocycles. The lowest BCUT2D eigenvalue weighted by Crippen LogP contribution is -2.39. The molecule has 1 atom stereocenters. The molecular formula is C15H17N3O3. The summed E-state index contributed by atoms with van der Waals surface area (Å²) in [5.74, 6) is -1.90. The highest BCUT2D eigenvalue weighted by atomic mass is 16.4. The number of carboxylic acid groups (broad SMARTS) is 1. The third-order valence-electron chi connectivity index (χ3n) is 2.84. The van der Waals surface area contributed by atoms with Crippen LogP contribution >= 0.6 is 0 Å². The van der Waals surface area contributed by atoms with E-state index in [0.717, 1.165) is 16.8 Å². The minimum absolute atomic E-state index is 0.192. The number of rotatable bonds is 5. The van der Waals surface area contributed by atoms with E-state index in [9.17, 15) is 9.59 Å². The number of hydrogen-bond donors (Lipinski definition) is 3. The Morgan fingerprint density at radius 1 is 1.38 bits per heavy atom. The molecule has 1 aromatic rings. The first-order valence-corrected chi connectivity index (χ1v) is 6.33. The molecule has 1 aromatic carbocycles. The summed E-state index contributed by atoms with van der Waals surface area (Å²) in [5.41, 5.74) is 2.66. The van der Waals surface area contributed by atoms with Gasteiger partial charge in [0.25, 0.3) is 5.91 Å². The predicted molar refractivity (Wildman–Crippen MR) is 78.5 cm³/mol. The van der Waals surface area contributed by atoms with Gasteiger partial charge in [0, 0.05) is 11.9 Å². The Labute approximate surface area is 123 Å². The van der Waals surface area contributed by atoms with Gasteiger partial charge in [-0.05, 0) is 32.4 Å². The minimum atomic E-state index is -1.16. The molecule has 1 rings (SSSR count). The summed E-state index contributed by atoms with van der Waals surface area (Å²) < 4.78 is 0. The third kappa shape index (κ3) is 4.66. The maximum Gasteiger partial charge on any atom is 0.325 e. The van der Waals surface area contributed by atoms with Crippen molar-refractivity contribution in [1.29, 1.82) is 5.26 Å². The largest absolute Gasteiger partial charge is 0.480 e. The van der Waals surface area contributed by atoms with Crippen LogP contribution in [-0.4, -0.2) is 23.0 Å². The fourth-order valence-corrected chi connectivity index (χ4v) is 1.61. The molecule has 0 saturated heterocycles. The van der Waals surface area contributed by atoms with Crippen molar-refractivity contribution >= 4 is 17.6 Å². The molecule has 0 heterocycles. The minimum Gasteiger partial charge on any atom is -0.480 e. The Bertz CT molecular complexity index is 630. The van der Waals surface area contributed by atoms with Crippen LogP contribution < -0.4 is 10.6 Å². The van der Waals surface area contributed by atoms with E-state index in [-0.39, 0.29) is 5.57 Å². The highest BCUT2D eigenvalue weighted by Gasteiger charge is 2.16. The van der Waals surface area contributed by atoms with Gasteiger partial charge in [-0.2, -0.15) is 5.26 Å². The summed E-state index contributed by atoms with van der Waals surface area (Å²) in [6.07, 6.45) is 1.27. The Kier molecular flexibility index (Phi) is 5.49. The first-order valence-electron chi connectivity index (χ1n) is 6.33. The van der Waals surface area contributed by atoms with Crippen molar-refractivity contribution < 1.29 is 14.7 Å². The normalized spacial score (nSPS) is 12.2. The van der Waals surface area contributed by atoms with Gasteiger partial charge >= 0.3 is 5.97 Å². The van der Waals surface area contributed by atoms with Crippen LogP contribution in [0, 0.1) is 25.2 Å². The van der Waals surface area contributed by atoms with Crippen molar-refractivity contribution in [1.82, 2.24) is 5.32 Å². The molecule has 3 N–H and O–H groups in total. The summed E-state index contributed by atoms with van der Waals surface area (Å²) in [6.45, 7) is 5.20. The van der Waals surface area contributed by atoms with E-state index in [2.05, 4.69) is 10.6 Å². The van der Waals surface area contributed by atoms with E-state index >= 15 is 0 Å². The van der Waals surface area contributed by atoms with E-state index in [1.807, 2.05) is 32.0 Å². The summed E-state index contributed by atoms with van der Waals surface area (Å²) in [4.78, 5) is 22.4. The van der Waals surface area contributed by atoms with Crippen molar-refractivity contribution in [3.63, 3.8) is 0 Å². The second-order valence-electron chi connectivity index (χ2n) is 4.67. The van der Waals surface area contributed by atoms with E-state index in [0.29, 0.717) is 0 Å². The van der Waals surface area contributed by atoms with Gasteiger partial charge in [0.15, 0.2) is 0 Å². The lowest BCUT2D eigenvalue weighted by atomic mass is 10.1. The summed E-state index contributed by atoms with van der Waals surface area (Å²) in [6, 6.07) is 6.39. The van der Waals surface area contributed by atoms with Gasteiger partial charge < -0.3 is 15.7 Å². The average molecular weight is 287 g/mol. The topological polar surface area (TPSA) is 102 Å². The van der Waals surface area contributed by atoms with Gasteiger partial charge in [0.2, 0.25) is 0 Å². The number of aryl methyl sites for hydroxylation is 2. The van der Waals surface area contributed by atoms with Crippen molar-refractivity contribution in [2.24, 2.45) is 0 Å². The zero-order valence-corrected chi connectivity index (χ0v) is 12.1. The molecule has 1 unspecified atom stereocenters. The summed E-state index contributed by atoms with van der Waals surface area (Å²) in [7, 11) is 0. The molecule has 110 valence electrons. The van der Waals surface area contributed by atoms with Crippen LogP contribution in [0.15, 0.2) is 30.0 Å². The quantitative estimate of drug-likeness (QED) is 0.565. The van der Waals surface area contributed by atoms with Crippen LogP contribution in [0.3, 0.4) is 0 Å². The zero-order valence-electron chi connectivity index (χ0n) is 12.1. The van der Waals surface area contributed by atoms with Gasteiger partial charge in [0.05, 0.1) is 0 Å². The van der Waals surface area contributed by atoms with Crippen LogP contribution in [0.25, 0.3) is 0 Å². The van der Waals surface area contributed by atoms with Gasteiger partial charge in [-0.3, -0.25) is 9.59 Å². The smallest absolute Gasteiger partial charge is 0.325 e. The molecule has 0 bridgehead atoms. The molecule has 0 aromatic heterocycles. The van der Waals surface area contributed by atoms with Crippen molar-refractivity contribution in [3.8, 4) is 6.07 Å². The number of carboxylic acids is 1. The Morgan fingerprint density at radius 3 is 2.57 bits per heavy atom. The number of hydrogen-bond acceptors (Lipinski definition) is 4. The molecule has 0 aliphatic heterocycles. The Hall–Kier alpha value is -2.81. The van der Waals surface area contributed by atoms with E-state index < -0.39 is 17.9 Å². The number of aliphatic carboxylic acids is 1. The second-order valence-corrected chi connectivity index (χ2v) is 4.67. The number of nitriles is 1. The van der Waals surface area contributed by atoms with Crippen molar-refractivity contribution in [3.05, 3.63) is 41.1 Å². The molecule has 0 radical (unpaired) electrons. The van der Waals surface area contributed by atoms with Gasteiger partial charge in [-0.25, -0.2) is 0 Å². The summed E-state index contributed by atoms with van der Waals surface area (Å²) in [5, 5.41) is 22.8. The summed E-state index contributed by atoms with van der Waals surface area (Å²) >= 11 is 0. The fourth-order valence-electron chi connectivity index (χ4n) is 1.61. The molecule has 0 spiro atoms. The van der Waals surface area contributed by atoms with Gasteiger partial charge in [-0.15, -0.1) is 0 Å². The molecule has 21 heavy (non-hydrogen) atoms. The molecule has 0 saturated carbocycles. The highest BCUT2D eigenvalue weighted by molar-refractivity contribution is 5.99. The fraction of sp³-hybridized carbons (Fsp3) is 0.267. The monoisotopic (exact) mass is 287 g/mol. The molecule has 1 amide bonds. The maximum atomic E-state index is 11.7. The number of carbonyl (C=O) groups excluding carboxylic acids is 1. The number of nitrogens with zero attached hydrogens (tertiary/aromatic N) is 1. The van der Waals surface area contributed by atoms with Crippen LogP contribution in [0.5, 0.6) is 0 Å². The molecular weight excluding hydrogens is 270 g/mol. The standard InChI is InChI=1S/C15H17N3O3/c1-9-4-5-13(10(2)6-9)17-8-12(7-16)14(19)18-11(3)15(20)21/h4-6,8,11,17H,1-3H3,(H,18,19)(H,20,21)/b12-8-. The number of anilines is 1. The van der Waals surface area contributed by atoms with E-state index in [1.165, 1.54) is 13.1 Å². The molecule has 0 fully saturated rings. The lowest BCUT2D eigenvalue weighted by molar-refractivity contribution is -0.140. The first-order chi connectivity index (χ1) is 9.85. The van der Waals surface area contributed by atoms with Crippen LogP contribution in [0.4, 0.5) is 5.69 Å². The predicted octanol–water partition coefficient (Wildman–Crippen LogP) is 1.71. The SMILES string of the molecule is Cc1ccc(N/C=C(/C#N)C(=O)NC(C)C(=O)O)c(C)c1. The van der Waals surface area contributed by atoms with Crippen LogP contribution in [-0.2, 0) is 9.59 Å². The molecule has 0 aliphatic rings.